The SMILES string of the molecule is C=C(/C=C\c1ncc(CCCCCNCCC)cc1C)c1c(-c2cccc(C)n2)nc2ccccn12. The number of hydrogen-bond acceptors (Lipinski definition) is 4. The van der Waals surface area contributed by atoms with E-state index in [-0.39, 0.29) is 0 Å². The highest BCUT2D eigenvalue weighted by atomic mass is 15.0. The number of unbranched alkanes of at least 4 members (excludes halogenated alkanes) is 2. The summed E-state index contributed by atoms with van der Waals surface area (Å²) >= 11 is 0. The van der Waals surface area contributed by atoms with Gasteiger partial charge in [0, 0.05) is 18.1 Å². The second-order valence-electron chi connectivity index (χ2n) is 9.37. The Hall–Kier alpha value is -3.57. The Kier molecular flexibility index (Phi) is 8.80. The van der Waals surface area contributed by atoms with Gasteiger partial charge in [-0.15, -0.1) is 0 Å². The second kappa shape index (κ2) is 12.4. The molecule has 0 aromatic carbocycles. The third kappa shape index (κ3) is 6.35. The van der Waals surface area contributed by atoms with Gasteiger partial charge in [-0.3, -0.25) is 14.4 Å². The Morgan fingerprint density at radius 1 is 1.03 bits per heavy atom. The summed E-state index contributed by atoms with van der Waals surface area (Å²) in [7, 11) is 0. The van der Waals surface area contributed by atoms with Gasteiger partial charge in [0.15, 0.2) is 0 Å². The number of fused-ring (bicyclic) bond motifs is 1. The summed E-state index contributed by atoms with van der Waals surface area (Å²) in [6.45, 7) is 13.0. The molecule has 0 saturated carbocycles. The quantitative estimate of drug-likeness (QED) is 0.178. The van der Waals surface area contributed by atoms with Crippen molar-refractivity contribution in [3.63, 3.8) is 0 Å². The van der Waals surface area contributed by atoms with E-state index in [2.05, 4.69) is 42.3 Å². The van der Waals surface area contributed by atoms with Gasteiger partial charge in [-0.2, -0.15) is 0 Å². The van der Waals surface area contributed by atoms with Crippen LogP contribution in [0.1, 0.15) is 60.8 Å². The molecule has 0 unspecified atom stereocenters. The number of allylic oxidation sites excluding steroid dienone is 2. The van der Waals surface area contributed by atoms with Crippen molar-refractivity contribution in [2.75, 3.05) is 13.1 Å². The zero-order chi connectivity index (χ0) is 25.3. The Morgan fingerprint density at radius 2 is 1.92 bits per heavy atom. The first-order valence-corrected chi connectivity index (χ1v) is 13.0. The standard InChI is InChI=1S/C31H37N5/c1-5-18-32-19-9-6-7-13-26-21-24(3)27(33-22-26)17-16-23(2)31-30(28-14-11-12-25(4)34-28)35-29-15-8-10-20-36(29)31/h8,10-12,14-17,20-22,32H,2,5-7,9,13,18-19H2,1,3-4H3/b17-16-. The van der Waals surface area contributed by atoms with Gasteiger partial charge in [0.2, 0.25) is 0 Å². The lowest BCUT2D eigenvalue weighted by atomic mass is 10.0. The monoisotopic (exact) mass is 479 g/mol. The van der Waals surface area contributed by atoms with Gasteiger partial charge < -0.3 is 5.32 Å². The highest BCUT2D eigenvalue weighted by molar-refractivity contribution is 5.84. The third-order valence-electron chi connectivity index (χ3n) is 6.33. The number of aryl methyl sites for hydroxylation is 3. The molecule has 0 fully saturated rings. The van der Waals surface area contributed by atoms with E-state index in [9.17, 15) is 0 Å². The number of nitrogens with zero attached hydrogens (tertiary/aromatic N) is 4. The molecular weight excluding hydrogens is 442 g/mol. The fourth-order valence-corrected chi connectivity index (χ4v) is 4.43. The fraction of sp³-hybridized carbons (Fsp3) is 0.323. The first kappa shape index (κ1) is 25.5. The van der Waals surface area contributed by atoms with E-state index in [0.717, 1.165) is 59.2 Å². The number of imidazole rings is 1. The molecule has 0 saturated heterocycles. The van der Waals surface area contributed by atoms with E-state index in [1.807, 2.05) is 61.8 Å². The smallest absolute Gasteiger partial charge is 0.138 e. The van der Waals surface area contributed by atoms with Crippen molar-refractivity contribution in [1.82, 2.24) is 24.7 Å². The van der Waals surface area contributed by atoms with Crippen LogP contribution in [0, 0.1) is 13.8 Å². The Balaban J connectivity index is 1.48. The molecule has 4 heterocycles. The van der Waals surface area contributed by atoms with Crippen LogP contribution in [0.25, 0.3) is 28.7 Å². The lowest BCUT2D eigenvalue weighted by molar-refractivity contribution is 0.598. The van der Waals surface area contributed by atoms with Crippen LogP contribution in [0.4, 0.5) is 0 Å². The predicted molar refractivity (Wildman–Crippen MR) is 151 cm³/mol. The van der Waals surface area contributed by atoms with Crippen molar-refractivity contribution >= 4 is 17.3 Å². The maximum Gasteiger partial charge on any atom is 0.138 e. The van der Waals surface area contributed by atoms with E-state index in [1.54, 1.807) is 0 Å². The molecule has 4 aromatic rings. The molecule has 5 heteroatoms. The van der Waals surface area contributed by atoms with Crippen LogP contribution in [-0.2, 0) is 6.42 Å². The topological polar surface area (TPSA) is 55.1 Å². The van der Waals surface area contributed by atoms with Gasteiger partial charge >= 0.3 is 0 Å². The zero-order valence-corrected chi connectivity index (χ0v) is 21.8. The summed E-state index contributed by atoms with van der Waals surface area (Å²) < 4.78 is 2.08. The van der Waals surface area contributed by atoms with Crippen molar-refractivity contribution < 1.29 is 0 Å². The third-order valence-corrected chi connectivity index (χ3v) is 6.33. The number of pyridine rings is 3. The fourth-order valence-electron chi connectivity index (χ4n) is 4.43. The molecule has 1 N–H and O–H groups in total. The molecule has 0 amide bonds. The minimum atomic E-state index is 0.837. The molecule has 0 spiro atoms. The van der Waals surface area contributed by atoms with Crippen LogP contribution < -0.4 is 5.32 Å². The second-order valence-corrected chi connectivity index (χ2v) is 9.37. The molecule has 0 radical (unpaired) electrons. The number of nitrogens with one attached hydrogen (secondary N) is 1. The number of hydrogen-bond donors (Lipinski definition) is 1. The Bertz CT molecular complexity index is 1350. The maximum atomic E-state index is 4.87. The highest BCUT2D eigenvalue weighted by Gasteiger charge is 2.16. The molecule has 0 aliphatic rings. The molecule has 4 aromatic heterocycles. The van der Waals surface area contributed by atoms with Gasteiger partial charge in [-0.1, -0.05) is 44.2 Å². The summed E-state index contributed by atoms with van der Waals surface area (Å²) in [6, 6.07) is 14.3. The van der Waals surface area contributed by atoms with Crippen molar-refractivity contribution in [2.45, 2.75) is 52.9 Å². The van der Waals surface area contributed by atoms with Gasteiger partial charge in [0.05, 0.1) is 17.1 Å². The summed E-state index contributed by atoms with van der Waals surface area (Å²) in [5.74, 6) is 0. The molecule has 0 atom stereocenters. The summed E-state index contributed by atoms with van der Waals surface area (Å²) in [5, 5.41) is 3.47. The molecule has 4 rings (SSSR count). The summed E-state index contributed by atoms with van der Waals surface area (Å²) in [6.07, 6.45) is 14.1. The summed E-state index contributed by atoms with van der Waals surface area (Å²) in [4.78, 5) is 14.3. The molecule has 5 nitrogen and oxygen atoms in total. The van der Waals surface area contributed by atoms with Gasteiger partial charge in [-0.05, 0) is 99.7 Å². The lowest BCUT2D eigenvalue weighted by Gasteiger charge is -2.07. The van der Waals surface area contributed by atoms with Crippen LogP contribution in [0.2, 0.25) is 0 Å². The minimum absolute atomic E-state index is 0.837. The minimum Gasteiger partial charge on any atom is -0.317 e. The summed E-state index contributed by atoms with van der Waals surface area (Å²) in [5.41, 5.74) is 8.79. The maximum absolute atomic E-state index is 4.87. The van der Waals surface area contributed by atoms with Crippen LogP contribution >= 0.6 is 0 Å². The molecular formula is C31H37N5. The van der Waals surface area contributed by atoms with Gasteiger partial charge in [-0.25, -0.2) is 4.98 Å². The van der Waals surface area contributed by atoms with E-state index in [1.165, 1.54) is 36.8 Å². The van der Waals surface area contributed by atoms with Crippen LogP contribution in [0.15, 0.2) is 67.5 Å². The van der Waals surface area contributed by atoms with E-state index >= 15 is 0 Å². The number of rotatable bonds is 12. The van der Waals surface area contributed by atoms with E-state index in [0.29, 0.717) is 0 Å². The van der Waals surface area contributed by atoms with Gasteiger partial charge in [0.1, 0.15) is 11.3 Å². The van der Waals surface area contributed by atoms with E-state index in [4.69, 9.17) is 15.0 Å². The lowest BCUT2D eigenvalue weighted by Crippen LogP contribution is -2.15. The zero-order valence-electron chi connectivity index (χ0n) is 21.8. The largest absolute Gasteiger partial charge is 0.317 e. The normalized spacial score (nSPS) is 11.5. The van der Waals surface area contributed by atoms with Crippen molar-refractivity contribution in [1.29, 1.82) is 0 Å². The molecule has 186 valence electrons. The van der Waals surface area contributed by atoms with Crippen LogP contribution in [-0.4, -0.2) is 32.4 Å². The first-order chi connectivity index (χ1) is 17.6. The van der Waals surface area contributed by atoms with E-state index < -0.39 is 0 Å². The Labute approximate surface area is 215 Å². The highest BCUT2D eigenvalue weighted by Crippen LogP contribution is 2.29. The average Bonchev–Trinajstić information content (AvgIpc) is 3.27. The van der Waals surface area contributed by atoms with Crippen molar-refractivity contribution in [2.24, 2.45) is 0 Å². The Morgan fingerprint density at radius 3 is 2.72 bits per heavy atom. The molecule has 0 aliphatic carbocycles. The first-order valence-electron chi connectivity index (χ1n) is 13.0. The average molecular weight is 480 g/mol. The van der Waals surface area contributed by atoms with Gasteiger partial charge in [0.25, 0.3) is 0 Å². The predicted octanol–water partition coefficient (Wildman–Crippen LogP) is 6.85. The van der Waals surface area contributed by atoms with Crippen molar-refractivity contribution in [3.8, 4) is 11.4 Å². The molecule has 0 bridgehead atoms. The van der Waals surface area contributed by atoms with Crippen LogP contribution in [0.5, 0.6) is 0 Å². The molecule has 36 heavy (non-hydrogen) atoms. The van der Waals surface area contributed by atoms with Crippen LogP contribution in [0.3, 0.4) is 0 Å². The van der Waals surface area contributed by atoms with Crippen molar-refractivity contribution in [3.05, 3.63) is 95.7 Å². The molecule has 0 aliphatic heterocycles. The number of aromatic nitrogens is 4.